The van der Waals surface area contributed by atoms with Crippen LogP contribution in [0.25, 0.3) is 0 Å². The first-order valence-corrected chi connectivity index (χ1v) is 11.8. The maximum absolute atomic E-state index is 13.4. The Bertz CT molecular complexity index is 1080. The van der Waals surface area contributed by atoms with Crippen LogP contribution in [0.4, 0.5) is 5.69 Å². The Labute approximate surface area is 184 Å². The third-order valence-electron chi connectivity index (χ3n) is 6.11. The monoisotopic (exact) mass is 449 g/mol. The van der Waals surface area contributed by atoms with Gasteiger partial charge >= 0.3 is 0 Å². The summed E-state index contributed by atoms with van der Waals surface area (Å²) in [7, 11) is 0.737. The van der Waals surface area contributed by atoms with Crippen molar-refractivity contribution in [2.45, 2.75) is 38.5 Å². The molecule has 3 rings (SSSR count). The normalized spacial score (nSPS) is 15.1. The highest BCUT2D eigenvalue weighted by Gasteiger charge is 2.34. The summed E-state index contributed by atoms with van der Waals surface area (Å²) in [6, 6.07) is 4.77. The molecular formula is C22H31N3O5S. The zero-order valence-electron chi connectivity index (χ0n) is 19.0. The Morgan fingerprint density at radius 3 is 2.26 bits per heavy atom. The highest BCUT2D eigenvalue weighted by atomic mass is 32.2. The lowest BCUT2D eigenvalue weighted by atomic mass is 9.98. The second kappa shape index (κ2) is 8.82. The van der Waals surface area contributed by atoms with E-state index in [1.165, 1.54) is 14.2 Å². The van der Waals surface area contributed by atoms with E-state index in [-0.39, 0.29) is 16.4 Å². The number of hydrogen-bond donors (Lipinski definition) is 1. The molecule has 2 aromatic rings. The van der Waals surface area contributed by atoms with E-state index in [1.807, 2.05) is 0 Å². The molecule has 8 nitrogen and oxygen atoms in total. The molecule has 170 valence electrons. The van der Waals surface area contributed by atoms with E-state index in [1.54, 1.807) is 48.6 Å². The van der Waals surface area contributed by atoms with Crippen LogP contribution in [0.1, 0.15) is 41.5 Å². The molecule has 1 N–H and O–H groups in total. The van der Waals surface area contributed by atoms with Crippen LogP contribution < -0.4 is 14.2 Å². The Morgan fingerprint density at radius 1 is 1.06 bits per heavy atom. The molecule has 0 aliphatic carbocycles. The number of anilines is 1. The summed E-state index contributed by atoms with van der Waals surface area (Å²) in [5.41, 5.74) is 1.71. The van der Waals surface area contributed by atoms with Crippen molar-refractivity contribution >= 4 is 21.6 Å². The average molecular weight is 450 g/mol. The lowest BCUT2D eigenvalue weighted by Crippen LogP contribution is -2.38. The zero-order chi connectivity index (χ0) is 22.9. The number of benzene rings is 1. The maximum Gasteiger partial charge on any atom is 0.264 e. The molecule has 0 bridgehead atoms. The van der Waals surface area contributed by atoms with Crippen LogP contribution in [-0.4, -0.2) is 51.1 Å². The number of hydrogen-bond acceptors (Lipinski definition) is 5. The predicted molar refractivity (Wildman–Crippen MR) is 120 cm³/mol. The summed E-state index contributed by atoms with van der Waals surface area (Å²) >= 11 is 0. The van der Waals surface area contributed by atoms with Gasteiger partial charge in [0, 0.05) is 37.6 Å². The van der Waals surface area contributed by atoms with Gasteiger partial charge in [0.1, 0.15) is 4.90 Å². The fourth-order valence-electron chi connectivity index (χ4n) is 3.97. The van der Waals surface area contributed by atoms with Crippen LogP contribution in [0.3, 0.4) is 0 Å². The van der Waals surface area contributed by atoms with E-state index in [0.717, 1.165) is 12.8 Å². The Morgan fingerprint density at radius 2 is 1.68 bits per heavy atom. The van der Waals surface area contributed by atoms with E-state index < -0.39 is 10.0 Å². The van der Waals surface area contributed by atoms with Gasteiger partial charge in [0.15, 0.2) is 11.5 Å². The Kier molecular flexibility index (Phi) is 6.54. The molecule has 1 saturated heterocycles. The maximum atomic E-state index is 13.4. The van der Waals surface area contributed by atoms with Gasteiger partial charge in [0.25, 0.3) is 15.9 Å². The molecular weight excluding hydrogens is 418 g/mol. The van der Waals surface area contributed by atoms with Gasteiger partial charge in [-0.3, -0.25) is 9.52 Å². The van der Waals surface area contributed by atoms with E-state index in [0.29, 0.717) is 47.6 Å². The number of likely N-dealkylation sites (tertiary alicyclic amines) is 1. The summed E-state index contributed by atoms with van der Waals surface area (Å²) in [6.45, 7) is 6.93. The molecule has 1 aliphatic heterocycles. The van der Waals surface area contributed by atoms with Crippen molar-refractivity contribution < 1.29 is 22.7 Å². The van der Waals surface area contributed by atoms with Crippen molar-refractivity contribution in [1.29, 1.82) is 0 Å². The van der Waals surface area contributed by atoms with Gasteiger partial charge in [-0.2, -0.15) is 0 Å². The standard InChI is InChI=1S/C22H31N3O5S/c1-14-9-11-25(12-10-14)22(26)20-15(2)24(4)16(3)21(20)31(27,28)23-17-7-8-18(29-5)19(13-17)30-6/h7-8,13-14,23H,9-12H2,1-6H3. The SMILES string of the molecule is COc1ccc(NS(=O)(=O)c2c(C(=O)N3CCC(C)CC3)c(C)n(C)c2C)cc1OC. The van der Waals surface area contributed by atoms with E-state index >= 15 is 0 Å². The highest BCUT2D eigenvalue weighted by Crippen LogP contribution is 2.33. The molecule has 0 atom stereocenters. The number of amides is 1. The summed E-state index contributed by atoms with van der Waals surface area (Å²) in [5.74, 6) is 1.23. The van der Waals surface area contributed by atoms with Gasteiger partial charge in [0.2, 0.25) is 0 Å². The summed E-state index contributed by atoms with van der Waals surface area (Å²) in [5, 5.41) is 0. The van der Waals surface area contributed by atoms with Crippen LogP contribution in [0.2, 0.25) is 0 Å². The van der Waals surface area contributed by atoms with Crippen LogP contribution in [-0.2, 0) is 17.1 Å². The highest BCUT2D eigenvalue weighted by molar-refractivity contribution is 7.92. The smallest absolute Gasteiger partial charge is 0.264 e. The molecule has 9 heteroatoms. The van der Waals surface area contributed by atoms with Crippen LogP contribution in [0, 0.1) is 19.8 Å². The van der Waals surface area contributed by atoms with Crippen LogP contribution in [0.15, 0.2) is 23.1 Å². The first kappa shape index (κ1) is 23.0. The number of piperidine rings is 1. The molecule has 1 aromatic carbocycles. The zero-order valence-corrected chi connectivity index (χ0v) is 19.8. The van der Waals surface area contributed by atoms with Crippen LogP contribution >= 0.6 is 0 Å². The van der Waals surface area contributed by atoms with Gasteiger partial charge in [-0.15, -0.1) is 0 Å². The van der Waals surface area contributed by atoms with Crippen molar-refractivity contribution in [3.63, 3.8) is 0 Å². The number of sulfonamides is 1. The van der Waals surface area contributed by atoms with Crippen molar-refractivity contribution in [3.05, 3.63) is 35.2 Å². The van der Waals surface area contributed by atoms with Gasteiger partial charge in [0.05, 0.1) is 25.5 Å². The van der Waals surface area contributed by atoms with Gasteiger partial charge < -0.3 is 18.9 Å². The lowest BCUT2D eigenvalue weighted by molar-refractivity contribution is 0.0692. The fraction of sp³-hybridized carbons (Fsp3) is 0.500. The first-order chi connectivity index (χ1) is 14.6. The first-order valence-electron chi connectivity index (χ1n) is 10.3. The molecule has 1 amide bonds. The van der Waals surface area contributed by atoms with Gasteiger partial charge in [-0.25, -0.2) is 8.42 Å². The van der Waals surface area contributed by atoms with Gasteiger partial charge in [-0.1, -0.05) is 6.92 Å². The minimum absolute atomic E-state index is 0.0194. The topological polar surface area (TPSA) is 89.9 Å². The molecule has 1 aromatic heterocycles. The molecule has 31 heavy (non-hydrogen) atoms. The summed E-state index contributed by atoms with van der Waals surface area (Å²) < 4.78 is 41.7. The minimum Gasteiger partial charge on any atom is -0.493 e. The van der Waals surface area contributed by atoms with Crippen molar-refractivity contribution in [2.24, 2.45) is 13.0 Å². The van der Waals surface area contributed by atoms with Crippen molar-refractivity contribution in [2.75, 3.05) is 32.0 Å². The Balaban J connectivity index is 2.01. The van der Waals surface area contributed by atoms with Gasteiger partial charge in [-0.05, 0) is 44.7 Å². The predicted octanol–water partition coefficient (Wildman–Crippen LogP) is 3.33. The van der Waals surface area contributed by atoms with E-state index in [4.69, 9.17) is 9.47 Å². The fourth-order valence-corrected chi connectivity index (χ4v) is 5.54. The quantitative estimate of drug-likeness (QED) is 0.731. The molecule has 1 fully saturated rings. The number of methoxy groups -OCH3 is 2. The lowest BCUT2D eigenvalue weighted by Gasteiger charge is -2.30. The number of nitrogens with one attached hydrogen (secondary N) is 1. The van der Waals surface area contributed by atoms with Crippen molar-refractivity contribution in [1.82, 2.24) is 9.47 Å². The molecule has 0 saturated carbocycles. The second-order valence-electron chi connectivity index (χ2n) is 8.08. The second-order valence-corrected chi connectivity index (χ2v) is 9.70. The van der Waals surface area contributed by atoms with Crippen molar-refractivity contribution in [3.8, 4) is 11.5 Å². The third-order valence-corrected chi connectivity index (χ3v) is 7.65. The van der Waals surface area contributed by atoms with Crippen LogP contribution in [0.5, 0.6) is 11.5 Å². The molecule has 1 aliphatic rings. The molecule has 0 radical (unpaired) electrons. The van der Waals surface area contributed by atoms with E-state index in [9.17, 15) is 13.2 Å². The number of carbonyl (C=O) groups is 1. The summed E-state index contributed by atoms with van der Waals surface area (Å²) in [4.78, 5) is 15.2. The number of rotatable bonds is 6. The minimum atomic E-state index is -4.03. The molecule has 2 heterocycles. The Hall–Kier alpha value is -2.68. The average Bonchev–Trinajstić information content (AvgIpc) is 2.98. The van der Waals surface area contributed by atoms with E-state index in [2.05, 4.69) is 11.6 Å². The molecule has 0 unspecified atom stereocenters. The number of aromatic nitrogens is 1. The third kappa shape index (κ3) is 4.37. The molecule has 0 spiro atoms. The number of carbonyl (C=O) groups excluding carboxylic acids is 1. The number of ether oxygens (including phenoxy) is 2. The largest absolute Gasteiger partial charge is 0.493 e. The summed E-state index contributed by atoms with van der Waals surface area (Å²) in [6.07, 6.45) is 1.84. The number of nitrogens with zero attached hydrogens (tertiary/aromatic N) is 2.